The third kappa shape index (κ3) is 9.04. The third-order valence-electron chi connectivity index (χ3n) is 6.76. The van der Waals surface area contributed by atoms with Gasteiger partial charge in [0, 0.05) is 6.42 Å². The maximum absolute atomic E-state index is 11.9. The van der Waals surface area contributed by atoms with Crippen molar-refractivity contribution >= 4 is 5.97 Å². The first-order valence-electron chi connectivity index (χ1n) is 13.2. The lowest BCUT2D eigenvalue weighted by Crippen LogP contribution is -2.62. The smallest absolute Gasteiger partial charge is 0.342 e. The summed E-state index contributed by atoms with van der Waals surface area (Å²) in [6, 6.07) is 0. The summed E-state index contributed by atoms with van der Waals surface area (Å²) >= 11 is 0. The second-order valence-corrected chi connectivity index (χ2v) is 9.70. The van der Waals surface area contributed by atoms with Gasteiger partial charge in [0.05, 0.1) is 6.61 Å². The van der Waals surface area contributed by atoms with Crippen LogP contribution in [0.5, 0.6) is 0 Å². The number of hydrogen-bond donors (Lipinski definition) is 7. The van der Waals surface area contributed by atoms with Crippen LogP contribution >= 0.6 is 0 Å². The van der Waals surface area contributed by atoms with Gasteiger partial charge in [0.2, 0.25) is 5.79 Å². The molecule has 7 N–H and O–H groups in total. The average molecular weight is 541 g/mol. The van der Waals surface area contributed by atoms with Gasteiger partial charge in [0.25, 0.3) is 0 Å². The summed E-state index contributed by atoms with van der Waals surface area (Å²) in [5.41, 5.74) is 0. The molecule has 0 aliphatic carbocycles. The molecule has 2 rings (SSSR count). The van der Waals surface area contributed by atoms with Gasteiger partial charge in [-0.3, -0.25) is 4.89 Å². The predicted molar refractivity (Wildman–Crippen MR) is 125 cm³/mol. The van der Waals surface area contributed by atoms with E-state index in [1.54, 1.807) is 0 Å². The predicted octanol–water partition coefficient (Wildman–Crippen LogP) is -0.992. The summed E-state index contributed by atoms with van der Waals surface area (Å²) in [4.78, 5) is 21.5. The SMILES string of the molecule is CCCCCCCCCCCC(=O)OOC[C@H]1O[C@H](O[C@]2(CO)O[C@H](CO)[C@@H](O)[C@@H]2O)[C@H](O)[C@@H](O)[C@@H]1O. The van der Waals surface area contributed by atoms with E-state index in [2.05, 4.69) is 6.92 Å². The average Bonchev–Trinajstić information content (AvgIpc) is 3.13. The van der Waals surface area contributed by atoms with Crippen LogP contribution in [-0.4, -0.2) is 116 Å². The second-order valence-electron chi connectivity index (χ2n) is 9.70. The Labute approximate surface area is 216 Å². The summed E-state index contributed by atoms with van der Waals surface area (Å²) in [7, 11) is 0. The highest BCUT2D eigenvalue weighted by atomic mass is 17.2. The van der Waals surface area contributed by atoms with Crippen LogP contribution in [0.4, 0.5) is 0 Å². The maximum atomic E-state index is 11.9. The van der Waals surface area contributed by atoms with Gasteiger partial charge in [-0.05, 0) is 6.42 Å². The Hall–Kier alpha value is -0.970. The van der Waals surface area contributed by atoms with Gasteiger partial charge in [-0.25, -0.2) is 4.79 Å². The fraction of sp³-hybridized carbons (Fsp3) is 0.958. The minimum Gasteiger partial charge on any atom is -0.394 e. The van der Waals surface area contributed by atoms with E-state index in [0.29, 0.717) is 6.42 Å². The molecule has 2 aliphatic rings. The minimum atomic E-state index is -2.28. The molecule has 0 aromatic carbocycles. The van der Waals surface area contributed by atoms with E-state index in [1.807, 2.05) is 0 Å². The number of aliphatic hydroxyl groups excluding tert-OH is 7. The molecular weight excluding hydrogens is 496 g/mol. The summed E-state index contributed by atoms with van der Waals surface area (Å²) < 4.78 is 16.1. The molecule has 0 unspecified atom stereocenters. The first kappa shape index (κ1) is 32.2. The number of aliphatic hydroxyl groups is 7. The molecule has 218 valence electrons. The van der Waals surface area contributed by atoms with Crippen LogP contribution in [0.15, 0.2) is 0 Å². The molecule has 9 atom stereocenters. The summed E-state index contributed by atoms with van der Waals surface area (Å²) in [6.07, 6.45) is -3.10. The van der Waals surface area contributed by atoms with E-state index in [4.69, 9.17) is 24.0 Å². The van der Waals surface area contributed by atoms with Crippen molar-refractivity contribution in [1.82, 2.24) is 0 Å². The monoisotopic (exact) mass is 540 g/mol. The van der Waals surface area contributed by atoms with Gasteiger partial charge in [0.1, 0.15) is 55.9 Å². The van der Waals surface area contributed by atoms with E-state index >= 15 is 0 Å². The topological polar surface area (TPSA) is 205 Å². The highest BCUT2D eigenvalue weighted by molar-refractivity contribution is 5.68. The quantitative estimate of drug-likeness (QED) is 0.0673. The third-order valence-corrected chi connectivity index (χ3v) is 6.76. The molecule has 13 heteroatoms. The molecule has 0 bridgehead atoms. The molecule has 2 fully saturated rings. The maximum Gasteiger partial charge on any atom is 0.342 e. The van der Waals surface area contributed by atoms with Gasteiger partial charge >= 0.3 is 5.97 Å². The molecule has 0 aromatic rings. The molecule has 0 spiro atoms. The number of unbranched alkanes of at least 4 members (excludes halogenated alkanes) is 8. The summed E-state index contributed by atoms with van der Waals surface area (Å²) in [5, 5.41) is 70.0. The highest BCUT2D eigenvalue weighted by Gasteiger charge is 2.58. The van der Waals surface area contributed by atoms with Gasteiger partial charge in [-0.2, -0.15) is 4.89 Å². The zero-order chi connectivity index (χ0) is 27.4. The van der Waals surface area contributed by atoms with E-state index in [1.165, 1.54) is 32.1 Å². The number of hydrogen-bond acceptors (Lipinski definition) is 13. The lowest BCUT2D eigenvalue weighted by atomic mass is 9.99. The summed E-state index contributed by atoms with van der Waals surface area (Å²) in [5.74, 6) is -2.89. The van der Waals surface area contributed by atoms with Gasteiger partial charge in [0.15, 0.2) is 6.29 Å². The fourth-order valence-corrected chi connectivity index (χ4v) is 4.41. The molecule has 2 saturated heterocycles. The number of carbonyl (C=O) groups excluding carboxylic acids is 1. The number of rotatable bonds is 17. The molecule has 2 heterocycles. The van der Waals surface area contributed by atoms with E-state index in [0.717, 1.165) is 19.3 Å². The van der Waals surface area contributed by atoms with Crippen molar-refractivity contribution in [2.75, 3.05) is 19.8 Å². The van der Waals surface area contributed by atoms with E-state index in [-0.39, 0.29) is 6.42 Å². The number of ether oxygens (including phenoxy) is 3. The summed E-state index contributed by atoms with van der Waals surface area (Å²) in [6.45, 7) is -0.0330. The fourth-order valence-electron chi connectivity index (χ4n) is 4.41. The molecule has 0 saturated carbocycles. The first-order valence-corrected chi connectivity index (χ1v) is 13.2. The standard InChI is InChI=1S/C24H44O13/c1-2-3-4-5-6-7-8-9-10-11-17(27)37-33-13-16-18(28)20(30)21(31)23(34-16)36-24(14-26)22(32)19(29)15(12-25)35-24/h15-16,18-23,25-26,28-32H,2-14H2,1H3/t15-,16-,18-,19-,20+,21-,22+,23-,24+/m1/s1. The lowest BCUT2D eigenvalue weighted by molar-refractivity contribution is -0.391. The zero-order valence-corrected chi connectivity index (χ0v) is 21.4. The molecule has 13 nitrogen and oxygen atoms in total. The van der Waals surface area contributed by atoms with Crippen molar-refractivity contribution in [2.24, 2.45) is 0 Å². The van der Waals surface area contributed by atoms with Crippen LogP contribution in [0.2, 0.25) is 0 Å². The highest BCUT2D eigenvalue weighted by Crippen LogP contribution is 2.36. The van der Waals surface area contributed by atoms with E-state index < -0.39 is 80.6 Å². The molecule has 37 heavy (non-hydrogen) atoms. The van der Waals surface area contributed by atoms with Crippen LogP contribution < -0.4 is 0 Å². The van der Waals surface area contributed by atoms with Gasteiger partial charge in [-0.1, -0.05) is 58.3 Å². The largest absolute Gasteiger partial charge is 0.394 e. The van der Waals surface area contributed by atoms with Crippen molar-refractivity contribution < 1.29 is 64.5 Å². The van der Waals surface area contributed by atoms with Crippen LogP contribution in [-0.2, 0) is 28.8 Å². The normalized spacial score (nSPS) is 36.1. The first-order chi connectivity index (χ1) is 17.7. The van der Waals surface area contributed by atoms with Crippen molar-refractivity contribution in [3.8, 4) is 0 Å². The Kier molecular flexibility index (Phi) is 14.1. The number of carbonyl (C=O) groups is 1. The zero-order valence-electron chi connectivity index (χ0n) is 21.4. The van der Waals surface area contributed by atoms with Crippen molar-refractivity contribution in [1.29, 1.82) is 0 Å². The van der Waals surface area contributed by atoms with Crippen molar-refractivity contribution in [3.63, 3.8) is 0 Å². The Bertz CT molecular complexity index is 652. The Balaban J connectivity index is 1.76. The van der Waals surface area contributed by atoms with Gasteiger partial charge in [-0.15, -0.1) is 0 Å². The van der Waals surface area contributed by atoms with Crippen molar-refractivity contribution in [3.05, 3.63) is 0 Å². The van der Waals surface area contributed by atoms with Crippen molar-refractivity contribution in [2.45, 2.75) is 126 Å². The van der Waals surface area contributed by atoms with Gasteiger partial charge < -0.3 is 50.0 Å². The Morgan fingerprint density at radius 3 is 2.00 bits per heavy atom. The van der Waals surface area contributed by atoms with Crippen LogP contribution in [0, 0.1) is 0 Å². The minimum absolute atomic E-state index is 0.152. The molecule has 0 amide bonds. The lowest BCUT2D eigenvalue weighted by Gasteiger charge is -2.43. The molecule has 0 radical (unpaired) electrons. The van der Waals surface area contributed by atoms with Crippen LogP contribution in [0.1, 0.15) is 71.1 Å². The Morgan fingerprint density at radius 2 is 1.43 bits per heavy atom. The Morgan fingerprint density at radius 1 is 0.811 bits per heavy atom. The van der Waals surface area contributed by atoms with Crippen LogP contribution in [0.3, 0.4) is 0 Å². The second kappa shape index (κ2) is 16.2. The molecular formula is C24H44O13. The molecule has 0 aromatic heterocycles. The van der Waals surface area contributed by atoms with Crippen LogP contribution in [0.25, 0.3) is 0 Å². The van der Waals surface area contributed by atoms with E-state index in [9.17, 15) is 40.5 Å². The molecule has 2 aliphatic heterocycles.